The van der Waals surface area contributed by atoms with Crippen LogP contribution >= 0.6 is 11.6 Å². The zero-order valence-corrected chi connectivity index (χ0v) is 19.0. The normalized spacial score (nSPS) is 12.0. The molecule has 0 aliphatic heterocycles. The second-order valence-electron chi connectivity index (χ2n) is 7.46. The molecule has 35 heavy (non-hydrogen) atoms. The predicted octanol–water partition coefficient (Wildman–Crippen LogP) is 2.91. The van der Waals surface area contributed by atoms with Gasteiger partial charge in [0.25, 0.3) is 0 Å². The molecule has 9 nitrogen and oxygen atoms in total. The molecule has 0 saturated carbocycles. The average Bonchev–Trinajstić information content (AvgIpc) is 3.40. The minimum atomic E-state index is -3.34. The van der Waals surface area contributed by atoms with Gasteiger partial charge in [-0.15, -0.1) is 0 Å². The quantitative estimate of drug-likeness (QED) is 0.362. The number of benzene rings is 1. The molecular weight excluding hydrogens is 480 g/mol. The highest BCUT2D eigenvalue weighted by Crippen LogP contribution is 2.26. The molecule has 0 saturated heterocycles. The summed E-state index contributed by atoms with van der Waals surface area (Å²) in [6.07, 6.45) is 3.91. The minimum absolute atomic E-state index is 0.0103. The van der Waals surface area contributed by atoms with Crippen molar-refractivity contribution in [1.29, 1.82) is 0 Å². The minimum Gasteiger partial charge on any atom is -0.427 e. The number of alkyl halides is 2. The number of carbonyl (C=O) groups excluding carboxylic acids is 1. The molecule has 0 radical (unpaired) electrons. The van der Waals surface area contributed by atoms with E-state index in [-0.39, 0.29) is 29.2 Å². The van der Waals surface area contributed by atoms with E-state index in [0.717, 1.165) is 11.3 Å². The van der Waals surface area contributed by atoms with E-state index in [1.807, 2.05) is 24.3 Å². The van der Waals surface area contributed by atoms with Gasteiger partial charge >= 0.3 is 5.92 Å². The van der Waals surface area contributed by atoms with Gasteiger partial charge in [-0.25, -0.2) is 9.67 Å². The zero-order valence-electron chi connectivity index (χ0n) is 18.2. The van der Waals surface area contributed by atoms with E-state index in [1.54, 1.807) is 11.0 Å². The molecule has 0 aliphatic rings. The summed E-state index contributed by atoms with van der Waals surface area (Å²) in [7, 11) is 0. The van der Waals surface area contributed by atoms with E-state index in [9.17, 15) is 18.8 Å². The van der Waals surface area contributed by atoms with Crippen LogP contribution < -0.4 is 10.8 Å². The number of halogens is 3. The van der Waals surface area contributed by atoms with Crippen molar-refractivity contribution in [2.24, 2.45) is 4.99 Å². The average molecular weight is 500 g/mol. The van der Waals surface area contributed by atoms with E-state index < -0.39 is 24.1 Å². The third-order valence-corrected chi connectivity index (χ3v) is 5.41. The first-order valence-electron chi connectivity index (χ1n) is 10.4. The predicted molar refractivity (Wildman–Crippen MR) is 122 cm³/mol. The van der Waals surface area contributed by atoms with Crippen molar-refractivity contribution in [3.63, 3.8) is 0 Å². The smallest absolute Gasteiger partial charge is 0.308 e. The molecule has 1 amide bonds. The van der Waals surface area contributed by atoms with Gasteiger partial charge in [-0.2, -0.15) is 18.6 Å². The molecule has 0 fully saturated rings. The van der Waals surface area contributed by atoms with Gasteiger partial charge < -0.3 is 10.5 Å². The molecule has 0 unspecified atom stereocenters. The summed E-state index contributed by atoms with van der Waals surface area (Å²) in [5.74, 6) is -3.79. The maximum Gasteiger partial charge on any atom is 0.308 e. The molecule has 3 aromatic heterocycles. The van der Waals surface area contributed by atoms with Gasteiger partial charge in [0.1, 0.15) is 24.9 Å². The molecule has 4 rings (SSSR count). The van der Waals surface area contributed by atoms with Crippen LogP contribution in [-0.2, 0) is 23.7 Å². The summed E-state index contributed by atoms with van der Waals surface area (Å²) in [4.78, 5) is 24.0. The Labute approximate surface area is 203 Å². The van der Waals surface area contributed by atoms with Gasteiger partial charge in [0.05, 0.1) is 22.8 Å². The Kier molecular flexibility index (Phi) is 7.16. The van der Waals surface area contributed by atoms with Crippen LogP contribution in [0.5, 0.6) is 0 Å². The van der Waals surface area contributed by atoms with Crippen LogP contribution in [0, 0.1) is 0 Å². The molecular formula is C23H20ClF2N7O2. The monoisotopic (exact) mass is 499 g/mol. The standard InChI is InChI=1S/C23H20ClF2N7O2/c24-17-8-9-21(30-13-23(25,26)20-7-3-4-10-28-20)33(35)19(17)11-22(34)29-12-16-5-1-2-6-18(16)32-15-27-14-31-32/h1-10,14-15,35H,11-13H2,(H,29,34). The SMILES string of the molecule is O=C(Cc1c(Cl)ccc(=NCC(F)(F)c2ccccn2)n1O)NCc1ccccc1-n1cncn1. The molecule has 0 spiro atoms. The third-order valence-electron chi connectivity index (χ3n) is 5.07. The van der Waals surface area contributed by atoms with E-state index in [4.69, 9.17) is 11.6 Å². The lowest BCUT2D eigenvalue weighted by atomic mass is 10.1. The second kappa shape index (κ2) is 10.4. The van der Waals surface area contributed by atoms with Crippen LogP contribution in [0.1, 0.15) is 17.0 Å². The third kappa shape index (κ3) is 5.69. The highest BCUT2D eigenvalue weighted by molar-refractivity contribution is 6.31. The first-order chi connectivity index (χ1) is 16.8. The van der Waals surface area contributed by atoms with Gasteiger partial charge in [0.15, 0.2) is 5.49 Å². The van der Waals surface area contributed by atoms with Crippen LogP contribution in [0.2, 0.25) is 5.02 Å². The maximum absolute atomic E-state index is 14.4. The van der Waals surface area contributed by atoms with E-state index >= 15 is 0 Å². The summed E-state index contributed by atoms with van der Waals surface area (Å²) in [5, 5.41) is 17.5. The number of pyridine rings is 2. The number of hydrogen-bond donors (Lipinski definition) is 2. The number of hydrogen-bond acceptors (Lipinski definition) is 6. The van der Waals surface area contributed by atoms with Gasteiger partial charge in [-0.05, 0) is 35.9 Å². The molecule has 12 heteroatoms. The number of aromatic nitrogens is 5. The summed E-state index contributed by atoms with van der Waals surface area (Å²) in [5.41, 5.74) is 0.929. The summed E-state index contributed by atoms with van der Waals surface area (Å²) >= 11 is 6.16. The van der Waals surface area contributed by atoms with Crippen LogP contribution in [-0.4, -0.2) is 42.1 Å². The maximum atomic E-state index is 14.4. The molecule has 3 heterocycles. The fourth-order valence-electron chi connectivity index (χ4n) is 3.30. The highest BCUT2D eigenvalue weighted by atomic mass is 35.5. The fraction of sp³-hybridized carbons (Fsp3) is 0.174. The van der Waals surface area contributed by atoms with Gasteiger partial charge in [-0.3, -0.25) is 14.8 Å². The van der Waals surface area contributed by atoms with E-state index in [2.05, 4.69) is 25.4 Å². The van der Waals surface area contributed by atoms with Crippen molar-refractivity contribution >= 4 is 17.5 Å². The number of nitrogens with one attached hydrogen (secondary N) is 1. The van der Waals surface area contributed by atoms with Crippen molar-refractivity contribution in [2.45, 2.75) is 18.9 Å². The van der Waals surface area contributed by atoms with Gasteiger partial charge in [-0.1, -0.05) is 35.9 Å². The second-order valence-corrected chi connectivity index (χ2v) is 7.86. The van der Waals surface area contributed by atoms with Crippen molar-refractivity contribution < 1.29 is 18.8 Å². The van der Waals surface area contributed by atoms with Crippen molar-refractivity contribution in [3.8, 4) is 5.69 Å². The Hall–Kier alpha value is -4.12. The van der Waals surface area contributed by atoms with E-state index in [0.29, 0.717) is 4.73 Å². The molecule has 4 aromatic rings. The lowest BCUT2D eigenvalue weighted by Crippen LogP contribution is -2.30. The number of para-hydroxylation sites is 1. The zero-order chi connectivity index (χ0) is 24.8. The van der Waals surface area contributed by atoms with Crippen LogP contribution in [0.15, 0.2) is 78.4 Å². The fourth-order valence-corrected chi connectivity index (χ4v) is 3.51. The Morgan fingerprint density at radius 2 is 1.94 bits per heavy atom. The molecule has 180 valence electrons. The van der Waals surface area contributed by atoms with E-state index in [1.165, 1.54) is 42.9 Å². The lowest BCUT2D eigenvalue weighted by molar-refractivity contribution is -0.120. The number of carbonyl (C=O) groups is 1. The Morgan fingerprint density at radius 1 is 1.14 bits per heavy atom. The molecule has 0 bridgehead atoms. The number of rotatable bonds is 8. The molecule has 0 aliphatic carbocycles. The van der Waals surface area contributed by atoms with Crippen molar-refractivity contribution in [2.75, 3.05) is 6.54 Å². The summed E-state index contributed by atoms with van der Waals surface area (Å²) in [6, 6.07) is 14.2. The molecule has 2 N–H and O–H groups in total. The Bertz CT molecular complexity index is 1380. The first kappa shape index (κ1) is 24.0. The largest absolute Gasteiger partial charge is 0.427 e. The highest BCUT2D eigenvalue weighted by Gasteiger charge is 2.32. The van der Waals surface area contributed by atoms with Crippen LogP contribution in [0.25, 0.3) is 5.69 Å². The van der Waals surface area contributed by atoms with Crippen molar-refractivity contribution in [1.82, 2.24) is 29.8 Å². The first-order valence-corrected chi connectivity index (χ1v) is 10.8. The molecule has 1 aromatic carbocycles. The van der Waals surface area contributed by atoms with Crippen LogP contribution in [0.4, 0.5) is 8.78 Å². The Balaban J connectivity index is 1.48. The summed E-state index contributed by atoms with van der Waals surface area (Å²) in [6.45, 7) is -0.769. The van der Waals surface area contributed by atoms with Crippen LogP contribution in [0.3, 0.4) is 0 Å². The van der Waals surface area contributed by atoms with Gasteiger partial charge in [0.2, 0.25) is 5.91 Å². The van der Waals surface area contributed by atoms with Gasteiger partial charge in [0, 0.05) is 12.7 Å². The topological polar surface area (TPSA) is 110 Å². The molecule has 0 atom stereocenters. The summed E-state index contributed by atoms with van der Waals surface area (Å²) < 4.78 is 30.9. The van der Waals surface area contributed by atoms with Crippen molar-refractivity contribution in [3.05, 3.63) is 101 Å². The number of amides is 1. The number of nitrogens with zero attached hydrogens (tertiary/aromatic N) is 6. The Morgan fingerprint density at radius 3 is 2.69 bits per heavy atom. The lowest BCUT2D eigenvalue weighted by Gasteiger charge is -2.14.